The van der Waals surface area contributed by atoms with E-state index < -0.39 is 5.97 Å². The van der Waals surface area contributed by atoms with Crippen LogP contribution in [0.5, 0.6) is 0 Å². The van der Waals surface area contributed by atoms with Crippen LogP contribution in [0.25, 0.3) is 0 Å². The lowest BCUT2D eigenvalue weighted by Gasteiger charge is -2.29. The molecule has 5 heteroatoms. The topological polar surface area (TPSA) is 67.4 Å². The molecule has 98 valence electrons. The summed E-state index contributed by atoms with van der Waals surface area (Å²) in [5.41, 5.74) is 0. The second-order valence-electron chi connectivity index (χ2n) is 4.50. The second-order valence-corrected chi connectivity index (χ2v) is 4.50. The number of ether oxygens (including phenoxy) is 1. The molecule has 1 rings (SSSR count). The number of amides is 2. The van der Waals surface area contributed by atoms with Gasteiger partial charge in [-0.15, -0.1) is 0 Å². The Bertz CT molecular complexity index is 268. The number of rotatable bonds is 4. The SMILES string of the molecule is CCOC(=O)CNC(=O)NC1CCCCC1C. The molecule has 1 fully saturated rings. The lowest BCUT2D eigenvalue weighted by atomic mass is 9.86. The molecule has 2 atom stereocenters. The molecular formula is C12H22N2O3. The Morgan fingerprint density at radius 3 is 2.65 bits per heavy atom. The third-order valence-electron chi connectivity index (χ3n) is 3.13. The predicted molar refractivity (Wildman–Crippen MR) is 64.6 cm³/mol. The molecule has 0 aromatic carbocycles. The summed E-state index contributed by atoms with van der Waals surface area (Å²) in [7, 11) is 0. The molecular weight excluding hydrogens is 220 g/mol. The first-order valence-electron chi connectivity index (χ1n) is 6.33. The minimum atomic E-state index is -0.403. The quantitative estimate of drug-likeness (QED) is 0.733. The summed E-state index contributed by atoms with van der Waals surface area (Å²) < 4.78 is 4.72. The first-order chi connectivity index (χ1) is 8.13. The van der Waals surface area contributed by atoms with Crippen molar-refractivity contribution in [3.05, 3.63) is 0 Å². The highest BCUT2D eigenvalue weighted by Gasteiger charge is 2.22. The molecule has 0 heterocycles. The Morgan fingerprint density at radius 1 is 1.29 bits per heavy atom. The molecule has 0 bridgehead atoms. The second kappa shape index (κ2) is 7.14. The predicted octanol–water partition coefficient (Wildman–Crippen LogP) is 1.43. The molecule has 0 radical (unpaired) electrons. The Balaban J connectivity index is 2.22. The molecule has 0 aromatic heterocycles. The van der Waals surface area contributed by atoms with Gasteiger partial charge in [0.1, 0.15) is 6.54 Å². The summed E-state index contributed by atoms with van der Waals surface area (Å²) in [6, 6.07) is -0.0530. The molecule has 2 unspecified atom stereocenters. The number of hydrogen-bond donors (Lipinski definition) is 2. The zero-order valence-electron chi connectivity index (χ0n) is 10.6. The van der Waals surface area contributed by atoms with E-state index in [9.17, 15) is 9.59 Å². The van der Waals surface area contributed by atoms with Gasteiger partial charge in [0.05, 0.1) is 6.61 Å². The largest absolute Gasteiger partial charge is 0.465 e. The van der Waals surface area contributed by atoms with Crippen LogP contribution in [0.1, 0.15) is 39.5 Å². The maximum absolute atomic E-state index is 11.5. The summed E-state index contributed by atoms with van der Waals surface area (Å²) in [6.45, 7) is 4.15. The van der Waals surface area contributed by atoms with Crippen molar-refractivity contribution in [2.24, 2.45) is 5.92 Å². The van der Waals surface area contributed by atoms with Crippen molar-refractivity contribution >= 4 is 12.0 Å². The summed E-state index contributed by atoms with van der Waals surface area (Å²) >= 11 is 0. The Hall–Kier alpha value is -1.26. The van der Waals surface area contributed by atoms with Gasteiger partial charge in [-0.3, -0.25) is 4.79 Å². The lowest BCUT2D eigenvalue weighted by molar-refractivity contribution is -0.141. The molecule has 2 amide bonds. The minimum absolute atomic E-state index is 0.0687. The van der Waals surface area contributed by atoms with Crippen molar-refractivity contribution in [2.45, 2.75) is 45.6 Å². The Morgan fingerprint density at radius 2 is 2.00 bits per heavy atom. The van der Waals surface area contributed by atoms with Gasteiger partial charge in [0.2, 0.25) is 0 Å². The smallest absolute Gasteiger partial charge is 0.325 e. The zero-order valence-corrected chi connectivity index (χ0v) is 10.6. The van der Waals surface area contributed by atoms with Crippen molar-refractivity contribution in [1.82, 2.24) is 10.6 Å². The Kier molecular flexibility index (Phi) is 5.80. The first-order valence-corrected chi connectivity index (χ1v) is 6.33. The van der Waals surface area contributed by atoms with Gasteiger partial charge in [0, 0.05) is 6.04 Å². The van der Waals surface area contributed by atoms with Crippen molar-refractivity contribution in [1.29, 1.82) is 0 Å². The highest BCUT2D eigenvalue weighted by Crippen LogP contribution is 2.23. The van der Waals surface area contributed by atoms with Crippen LogP contribution in [-0.2, 0) is 9.53 Å². The van der Waals surface area contributed by atoms with E-state index in [0.717, 1.165) is 19.3 Å². The molecule has 0 aromatic rings. The normalized spacial score (nSPS) is 23.9. The van der Waals surface area contributed by atoms with Gasteiger partial charge in [0.15, 0.2) is 0 Å². The van der Waals surface area contributed by atoms with Crippen LogP contribution < -0.4 is 10.6 Å². The summed E-state index contributed by atoms with van der Waals surface area (Å²) in [5, 5.41) is 5.42. The van der Waals surface area contributed by atoms with Crippen LogP contribution in [0.3, 0.4) is 0 Å². The highest BCUT2D eigenvalue weighted by atomic mass is 16.5. The monoisotopic (exact) mass is 242 g/mol. The van der Waals surface area contributed by atoms with Crippen LogP contribution in [0.4, 0.5) is 4.79 Å². The molecule has 2 N–H and O–H groups in total. The lowest BCUT2D eigenvalue weighted by Crippen LogP contribution is -2.47. The van der Waals surface area contributed by atoms with Gasteiger partial charge in [-0.25, -0.2) is 4.79 Å². The van der Waals surface area contributed by atoms with Gasteiger partial charge in [-0.05, 0) is 25.7 Å². The Labute approximate surface area is 102 Å². The van der Waals surface area contributed by atoms with Crippen LogP contribution in [0.2, 0.25) is 0 Å². The van der Waals surface area contributed by atoms with Crippen LogP contribution in [0, 0.1) is 5.92 Å². The van der Waals surface area contributed by atoms with Crippen molar-refractivity contribution in [3.63, 3.8) is 0 Å². The van der Waals surface area contributed by atoms with E-state index in [0.29, 0.717) is 12.5 Å². The van der Waals surface area contributed by atoms with E-state index in [-0.39, 0.29) is 18.6 Å². The van der Waals surface area contributed by atoms with Crippen LogP contribution >= 0.6 is 0 Å². The minimum Gasteiger partial charge on any atom is -0.465 e. The molecule has 1 saturated carbocycles. The standard InChI is InChI=1S/C12H22N2O3/c1-3-17-11(15)8-13-12(16)14-10-7-5-4-6-9(10)2/h9-10H,3-8H2,1-2H3,(H2,13,14,16). The number of carbonyl (C=O) groups is 2. The van der Waals surface area contributed by atoms with Gasteiger partial charge in [0.25, 0.3) is 0 Å². The fourth-order valence-electron chi connectivity index (χ4n) is 2.11. The van der Waals surface area contributed by atoms with Crippen LogP contribution in [-0.4, -0.2) is 31.2 Å². The molecule has 0 saturated heterocycles. The van der Waals surface area contributed by atoms with Crippen molar-refractivity contribution in [2.75, 3.05) is 13.2 Å². The van der Waals surface area contributed by atoms with E-state index in [1.165, 1.54) is 6.42 Å². The maximum atomic E-state index is 11.5. The number of carbonyl (C=O) groups excluding carboxylic acids is 2. The van der Waals surface area contributed by atoms with E-state index >= 15 is 0 Å². The van der Waals surface area contributed by atoms with Crippen molar-refractivity contribution in [3.8, 4) is 0 Å². The molecule has 1 aliphatic carbocycles. The van der Waals surface area contributed by atoms with Crippen molar-refractivity contribution < 1.29 is 14.3 Å². The molecule has 5 nitrogen and oxygen atoms in total. The molecule has 17 heavy (non-hydrogen) atoms. The maximum Gasteiger partial charge on any atom is 0.325 e. The van der Waals surface area contributed by atoms with E-state index in [1.807, 2.05) is 0 Å². The van der Waals surface area contributed by atoms with E-state index in [2.05, 4.69) is 17.6 Å². The number of urea groups is 1. The fourth-order valence-corrected chi connectivity index (χ4v) is 2.11. The molecule has 0 spiro atoms. The summed E-state index contributed by atoms with van der Waals surface area (Å²) in [5.74, 6) is 0.108. The number of hydrogen-bond acceptors (Lipinski definition) is 3. The average Bonchev–Trinajstić information content (AvgIpc) is 2.30. The zero-order chi connectivity index (χ0) is 12.7. The fraction of sp³-hybridized carbons (Fsp3) is 0.833. The van der Waals surface area contributed by atoms with E-state index in [4.69, 9.17) is 4.74 Å². The summed E-state index contributed by atoms with van der Waals surface area (Å²) in [6.07, 6.45) is 4.58. The number of esters is 1. The highest BCUT2D eigenvalue weighted by molar-refractivity contribution is 5.80. The molecule has 1 aliphatic rings. The van der Waals surface area contributed by atoms with Crippen LogP contribution in [0.15, 0.2) is 0 Å². The summed E-state index contributed by atoms with van der Waals surface area (Å²) in [4.78, 5) is 22.6. The number of nitrogens with one attached hydrogen (secondary N) is 2. The van der Waals surface area contributed by atoms with Gasteiger partial charge in [-0.2, -0.15) is 0 Å². The van der Waals surface area contributed by atoms with Gasteiger partial charge >= 0.3 is 12.0 Å². The van der Waals surface area contributed by atoms with Gasteiger partial charge in [-0.1, -0.05) is 19.8 Å². The molecule has 0 aliphatic heterocycles. The third-order valence-corrected chi connectivity index (χ3v) is 3.13. The van der Waals surface area contributed by atoms with Gasteiger partial charge < -0.3 is 15.4 Å². The first kappa shape index (κ1) is 13.8. The van der Waals surface area contributed by atoms with E-state index in [1.54, 1.807) is 6.92 Å². The average molecular weight is 242 g/mol. The third kappa shape index (κ3) is 5.06.